The number of ether oxygens (including phenoxy) is 1. The standard InChI is InChI=1S/C20H23N3O2.C3H8O/c1-11-16-17(12-6-5-7-13(8-12)25-4)18-14(21-19(16)23-22-11)9-20(2,3)10-15(18)24;1-3(2)4/h5-8,17H,9-10H2,1-4H3,(H2,21,22,23);3-4H,1-2H3. The van der Waals surface area contributed by atoms with Gasteiger partial charge in [-0.05, 0) is 50.3 Å². The first-order valence-corrected chi connectivity index (χ1v) is 10.0. The van der Waals surface area contributed by atoms with Gasteiger partial charge >= 0.3 is 0 Å². The van der Waals surface area contributed by atoms with Gasteiger partial charge in [-0.15, -0.1) is 0 Å². The van der Waals surface area contributed by atoms with Crippen LogP contribution in [0.2, 0.25) is 0 Å². The number of allylic oxidation sites excluding steroid dienone is 2. The van der Waals surface area contributed by atoms with Gasteiger partial charge in [-0.2, -0.15) is 5.10 Å². The van der Waals surface area contributed by atoms with E-state index >= 15 is 0 Å². The molecule has 1 aromatic carbocycles. The largest absolute Gasteiger partial charge is 0.497 e. The number of rotatable bonds is 2. The molecule has 0 bridgehead atoms. The predicted octanol–water partition coefficient (Wildman–Crippen LogP) is 4.31. The number of nitrogens with one attached hydrogen (secondary N) is 2. The molecule has 1 unspecified atom stereocenters. The number of benzene rings is 1. The first-order chi connectivity index (χ1) is 13.6. The Bertz CT molecular complexity index is 938. The Hall–Kier alpha value is -2.60. The number of carbonyl (C=O) groups is 1. The summed E-state index contributed by atoms with van der Waals surface area (Å²) in [5, 5.41) is 19.0. The van der Waals surface area contributed by atoms with Gasteiger partial charge in [-0.3, -0.25) is 9.89 Å². The second-order valence-electron chi connectivity index (χ2n) is 8.87. The Kier molecular flexibility index (Phi) is 5.85. The van der Waals surface area contributed by atoms with Crippen LogP contribution in [0.3, 0.4) is 0 Å². The van der Waals surface area contributed by atoms with Crippen LogP contribution in [0.4, 0.5) is 5.82 Å². The summed E-state index contributed by atoms with van der Waals surface area (Å²) in [4.78, 5) is 13.1. The number of fused-ring (bicyclic) bond motifs is 1. The fourth-order valence-electron chi connectivity index (χ4n) is 4.11. The molecule has 2 heterocycles. The van der Waals surface area contributed by atoms with Crippen molar-refractivity contribution in [3.8, 4) is 5.75 Å². The third-order valence-electron chi connectivity index (χ3n) is 5.19. The van der Waals surface area contributed by atoms with E-state index in [1.54, 1.807) is 21.0 Å². The topological polar surface area (TPSA) is 87.2 Å². The maximum Gasteiger partial charge on any atom is 0.162 e. The Morgan fingerprint density at radius 3 is 2.62 bits per heavy atom. The highest BCUT2D eigenvalue weighted by Crippen LogP contribution is 2.49. The van der Waals surface area contributed by atoms with E-state index in [-0.39, 0.29) is 23.2 Å². The number of hydrogen-bond acceptors (Lipinski definition) is 5. The normalized spacial score (nSPS) is 19.7. The lowest BCUT2D eigenvalue weighted by atomic mass is 9.69. The zero-order chi connectivity index (χ0) is 21.3. The van der Waals surface area contributed by atoms with Crippen LogP contribution in [-0.4, -0.2) is 34.3 Å². The van der Waals surface area contributed by atoms with Gasteiger partial charge in [0.25, 0.3) is 0 Å². The van der Waals surface area contributed by atoms with Gasteiger partial charge in [0.2, 0.25) is 0 Å². The SMILES string of the molecule is CC(C)O.COc1cccc(C2C3=C(CC(C)(C)CC3=O)Nc3n[nH]c(C)c32)c1. The first-order valence-electron chi connectivity index (χ1n) is 10.0. The number of methoxy groups -OCH3 is 1. The number of nitrogens with zero attached hydrogens (tertiary/aromatic N) is 1. The van der Waals surface area contributed by atoms with Crippen LogP contribution in [0.1, 0.15) is 63.3 Å². The Morgan fingerprint density at radius 2 is 1.97 bits per heavy atom. The van der Waals surface area contributed by atoms with Crippen molar-refractivity contribution in [2.75, 3.05) is 12.4 Å². The van der Waals surface area contributed by atoms with Crippen molar-refractivity contribution in [3.05, 3.63) is 52.4 Å². The smallest absolute Gasteiger partial charge is 0.162 e. The van der Waals surface area contributed by atoms with E-state index < -0.39 is 0 Å². The van der Waals surface area contributed by atoms with Crippen molar-refractivity contribution in [2.24, 2.45) is 5.41 Å². The van der Waals surface area contributed by atoms with Crippen LogP contribution in [0, 0.1) is 12.3 Å². The molecule has 156 valence electrons. The first kappa shape index (κ1) is 21.1. The summed E-state index contributed by atoms with van der Waals surface area (Å²) >= 11 is 0. The Labute approximate surface area is 172 Å². The van der Waals surface area contributed by atoms with Crippen LogP contribution in [0.5, 0.6) is 5.75 Å². The number of aliphatic hydroxyl groups is 1. The highest BCUT2D eigenvalue weighted by atomic mass is 16.5. The van der Waals surface area contributed by atoms with Gasteiger partial charge in [0.05, 0.1) is 7.11 Å². The van der Waals surface area contributed by atoms with E-state index in [1.165, 1.54) is 0 Å². The summed E-state index contributed by atoms with van der Waals surface area (Å²) in [5.41, 5.74) is 4.95. The van der Waals surface area contributed by atoms with Crippen molar-refractivity contribution in [3.63, 3.8) is 0 Å². The van der Waals surface area contributed by atoms with Crippen LogP contribution in [0.25, 0.3) is 0 Å². The highest BCUT2D eigenvalue weighted by Gasteiger charge is 2.42. The Balaban J connectivity index is 0.000000552. The van der Waals surface area contributed by atoms with Crippen molar-refractivity contribution < 1.29 is 14.6 Å². The van der Waals surface area contributed by atoms with E-state index in [0.29, 0.717) is 6.42 Å². The zero-order valence-corrected chi connectivity index (χ0v) is 18.1. The molecule has 0 saturated heterocycles. The molecule has 4 rings (SSSR count). The molecule has 6 nitrogen and oxygen atoms in total. The highest BCUT2D eigenvalue weighted by molar-refractivity contribution is 6.01. The number of aryl methyl sites for hydroxylation is 1. The molecular formula is C23H31N3O3. The van der Waals surface area contributed by atoms with Gasteiger partial charge < -0.3 is 15.2 Å². The van der Waals surface area contributed by atoms with Gasteiger partial charge in [-0.1, -0.05) is 26.0 Å². The fourth-order valence-corrected chi connectivity index (χ4v) is 4.11. The number of aromatic amines is 1. The molecular weight excluding hydrogens is 366 g/mol. The number of ketones is 1. The molecule has 6 heteroatoms. The molecule has 2 aromatic rings. The molecule has 0 fully saturated rings. The molecule has 0 radical (unpaired) electrons. The van der Waals surface area contributed by atoms with E-state index in [4.69, 9.17) is 9.84 Å². The summed E-state index contributed by atoms with van der Waals surface area (Å²) < 4.78 is 5.40. The zero-order valence-electron chi connectivity index (χ0n) is 18.1. The molecule has 0 amide bonds. The molecule has 3 N–H and O–H groups in total. The summed E-state index contributed by atoms with van der Waals surface area (Å²) in [6.07, 6.45) is 1.25. The monoisotopic (exact) mass is 397 g/mol. The van der Waals surface area contributed by atoms with Gasteiger partial charge in [0.1, 0.15) is 5.75 Å². The van der Waals surface area contributed by atoms with Gasteiger partial charge in [-0.25, -0.2) is 0 Å². The average molecular weight is 398 g/mol. The van der Waals surface area contributed by atoms with Gasteiger partial charge in [0.15, 0.2) is 11.6 Å². The molecule has 2 aliphatic rings. The molecule has 1 aliphatic heterocycles. The fraction of sp³-hybridized carbons (Fsp3) is 0.478. The maximum atomic E-state index is 13.1. The number of anilines is 1. The number of hydrogen-bond donors (Lipinski definition) is 3. The van der Waals surface area contributed by atoms with E-state index in [9.17, 15) is 4.79 Å². The number of Topliss-reactive ketones (excluding diaryl/α,β-unsaturated/α-hetero) is 1. The van der Waals surface area contributed by atoms with Crippen molar-refractivity contribution in [1.82, 2.24) is 10.2 Å². The molecule has 29 heavy (non-hydrogen) atoms. The van der Waals surface area contributed by atoms with Crippen LogP contribution in [0.15, 0.2) is 35.5 Å². The van der Waals surface area contributed by atoms with E-state index in [1.807, 2.05) is 25.1 Å². The summed E-state index contributed by atoms with van der Waals surface area (Å²) in [6, 6.07) is 7.98. The van der Waals surface area contributed by atoms with Crippen LogP contribution >= 0.6 is 0 Å². The number of aliphatic hydroxyl groups excluding tert-OH is 1. The lowest BCUT2D eigenvalue weighted by Crippen LogP contribution is -2.33. The lowest BCUT2D eigenvalue weighted by molar-refractivity contribution is -0.118. The molecule has 1 aromatic heterocycles. The van der Waals surface area contributed by atoms with E-state index in [2.05, 4.69) is 35.4 Å². The molecule has 1 aliphatic carbocycles. The molecule has 0 spiro atoms. The lowest BCUT2D eigenvalue weighted by Gasteiger charge is -2.38. The Morgan fingerprint density at radius 1 is 1.28 bits per heavy atom. The number of carbonyl (C=O) groups excluding carboxylic acids is 1. The quantitative estimate of drug-likeness (QED) is 0.703. The number of aromatic nitrogens is 2. The van der Waals surface area contributed by atoms with Gasteiger partial charge in [0, 0.05) is 41.0 Å². The molecule has 0 saturated carbocycles. The minimum absolute atomic E-state index is 0.0370. The third-order valence-corrected chi connectivity index (χ3v) is 5.19. The molecule has 1 atom stereocenters. The average Bonchev–Trinajstić information content (AvgIpc) is 2.99. The van der Waals surface area contributed by atoms with E-state index in [0.717, 1.165) is 46.1 Å². The second-order valence-corrected chi connectivity index (χ2v) is 8.87. The second kappa shape index (κ2) is 8.03. The number of H-pyrrole nitrogens is 1. The minimum atomic E-state index is -0.167. The minimum Gasteiger partial charge on any atom is -0.497 e. The van der Waals surface area contributed by atoms with Crippen molar-refractivity contribution in [2.45, 2.75) is 59.5 Å². The predicted molar refractivity (Wildman–Crippen MR) is 114 cm³/mol. The van der Waals surface area contributed by atoms with Crippen molar-refractivity contribution >= 4 is 11.6 Å². The third kappa shape index (κ3) is 4.37. The summed E-state index contributed by atoms with van der Waals surface area (Å²) in [7, 11) is 1.66. The summed E-state index contributed by atoms with van der Waals surface area (Å²) in [5.74, 6) is 1.74. The van der Waals surface area contributed by atoms with Crippen LogP contribution < -0.4 is 10.1 Å². The van der Waals surface area contributed by atoms with Crippen LogP contribution in [-0.2, 0) is 4.79 Å². The van der Waals surface area contributed by atoms with Crippen molar-refractivity contribution in [1.29, 1.82) is 0 Å². The summed E-state index contributed by atoms with van der Waals surface area (Å²) in [6.45, 7) is 9.73. The maximum absolute atomic E-state index is 13.1.